The Balaban J connectivity index is 3.48. The van der Waals surface area contributed by atoms with Crippen molar-refractivity contribution in [2.24, 2.45) is 0 Å². The summed E-state index contributed by atoms with van der Waals surface area (Å²) in [6, 6.07) is 3.86. The Morgan fingerprint density at radius 2 is 1.05 bits per heavy atom. The van der Waals surface area contributed by atoms with Gasteiger partial charge < -0.3 is 0 Å². The van der Waals surface area contributed by atoms with Crippen LogP contribution in [0.4, 0.5) is 65.9 Å². The normalized spacial score (nSPS) is 15.3. The van der Waals surface area contributed by atoms with E-state index in [-0.39, 0.29) is 0 Å². The van der Waals surface area contributed by atoms with Crippen LogP contribution in [-0.2, 0) is 14.6 Å². The number of carbonyl (C=O) groups is 1. The molecule has 0 aliphatic carbocycles. The Morgan fingerprint density at radius 3 is 1.46 bits per heavy atom. The van der Waals surface area contributed by atoms with Crippen LogP contribution in [0.1, 0.15) is 20.8 Å². The number of hydrogen-bond donors (Lipinski definition) is 1. The third-order valence-corrected chi connectivity index (χ3v) is 9.97. The van der Waals surface area contributed by atoms with Crippen LogP contribution in [0.5, 0.6) is 0 Å². The van der Waals surface area contributed by atoms with Crippen molar-refractivity contribution in [2.75, 3.05) is 0 Å². The van der Waals surface area contributed by atoms with Gasteiger partial charge in [-0.2, -0.15) is 65.9 Å². The molecule has 1 amide bonds. The second-order valence-electron chi connectivity index (χ2n) is 8.51. The first-order chi connectivity index (χ1) is 16.9. The van der Waals surface area contributed by atoms with Crippen molar-refractivity contribution in [1.29, 1.82) is 0 Å². The van der Waals surface area contributed by atoms with E-state index in [4.69, 9.17) is 0 Å². The molecule has 0 spiro atoms. The van der Waals surface area contributed by atoms with Gasteiger partial charge in [0.2, 0.25) is 3.57 Å². The highest BCUT2D eigenvalue weighted by molar-refractivity contribution is 7.92. The van der Waals surface area contributed by atoms with E-state index in [9.17, 15) is 79.1 Å². The summed E-state index contributed by atoms with van der Waals surface area (Å²) in [5, 5.41) is 0. The standard InChI is InChI=1S/C18H13F15INO3S/c1-11(2,3)39(37,38)9-7-5-4-6-8(9)34-35-10(36)12(19,20)13(21,22)14(23,24)15(25,26)16(27,28)17(29,30)18(31,32)33/h4-7H,1-3H3/p+1. The Morgan fingerprint density at radius 1 is 0.667 bits per heavy atom. The lowest BCUT2D eigenvalue weighted by Crippen LogP contribution is -3.68. The van der Waals surface area contributed by atoms with Gasteiger partial charge in [0, 0.05) is 0 Å². The minimum absolute atomic E-state index is 0.535. The molecule has 0 saturated carbocycles. The molecule has 0 unspecified atom stereocenters. The number of carbonyl (C=O) groups excluding carboxylic acids is 1. The minimum atomic E-state index is -8.52. The van der Waals surface area contributed by atoms with E-state index in [1.807, 2.05) is 0 Å². The molecule has 0 radical (unpaired) electrons. The number of nitrogens with one attached hydrogen (secondary N) is 1. The summed E-state index contributed by atoms with van der Waals surface area (Å²) in [5.74, 6) is -52.2. The molecule has 21 heteroatoms. The highest BCUT2D eigenvalue weighted by Crippen LogP contribution is 2.62. The van der Waals surface area contributed by atoms with E-state index >= 15 is 0 Å². The van der Waals surface area contributed by atoms with Gasteiger partial charge >= 0.3 is 69.1 Å². The summed E-state index contributed by atoms with van der Waals surface area (Å²) in [5.41, 5.74) is 0. The lowest BCUT2D eigenvalue weighted by Gasteiger charge is -2.40. The summed E-state index contributed by atoms with van der Waals surface area (Å²) in [6.45, 7) is 3.47. The van der Waals surface area contributed by atoms with Gasteiger partial charge in [-0.25, -0.2) is 8.42 Å². The van der Waals surface area contributed by atoms with Crippen LogP contribution < -0.4 is 25.0 Å². The van der Waals surface area contributed by atoms with Gasteiger partial charge in [-0.1, -0.05) is 12.1 Å². The molecule has 1 N–H and O–H groups in total. The van der Waals surface area contributed by atoms with Crippen molar-refractivity contribution in [3.63, 3.8) is 0 Å². The average molecular weight is 736 g/mol. The number of sulfone groups is 1. The van der Waals surface area contributed by atoms with Crippen LogP contribution in [-0.4, -0.2) is 60.8 Å². The molecule has 0 aliphatic rings. The maximum absolute atomic E-state index is 14.0. The number of hydrogen-bond acceptors (Lipinski definition) is 3. The van der Waals surface area contributed by atoms with Gasteiger partial charge in [0.25, 0.3) is 0 Å². The fourth-order valence-electron chi connectivity index (χ4n) is 2.33. The van der Waals surface area contributed by atoms with E-state index in [2.05, 4.69) is 0 Å². The lowest BCUT2D eigenvalue weighted by molar-refractivity contribution is -0.676. The number of amides is 1. The maximum Gasteiger partial charge on any atom is 0.468 e. The van der Waals surface area contributed by atoms with Gasteiger partial charge in [0.15, 0.2) is 9.84 Å². The summed E-state index contributed by atoms with van der Waals surface area (Å²) >= 11 is -2.73. The Bertz CT molecular complexity index is 1190. The van der Waals surface area contributed by atoms with Gasteiger partial charge in [0.1, 0.15) is 4.90 Å². The largest absolute Gasteiger partial charge is 0.468 e. The molecule has 0 aromatic heterocycles. The fourth-order valence-corrected chi connectivity index (χ4v) is 6.41. The Kier molecular flexibility index (Phi) is 9.06. The number of benzene rings is 1. The first-order valence-electron chi connectivity index (χ1n) is 9.49. The second-order valence-corrected chi connectivity index (χ2v) is 13.4. The highest BCUT2D eigenvalue weighted by Gasteiger charge is 2.94. The number of alkyl halides is 15. The van der Waals surface area contributed by atoms with E-state index in [1.165, 1.54) is 0 Å². The van der Waals surface area contributed by atoms with Crippen molar-refractivity contribution >= 4 is 15.7 Å². The zero-order valence-electron chi connectivity index (χ0n) is 19.0. The lowest BCUT2D eigenvalue weighted by atomic mass is 9.91. The summed E-state index contributed by atoms with van der Waals surface area (Å²) in [6.07, 6.45) is -7.74. The first kappa shape index (κ1) is 35.3. The summed E-state index contributed by atoms with van der Waals surface area (Å²) < 4.78 is 223. The molecule has 1 aromatic carbocycles. The molecular formula is C18H14F15INO3S+. The van der Waals surface area contributed by atoms with Gasteiger partial charge in [-0.05, 0) is 32.9 Å². The molecule has 0 aliphatic heterocycles. The Labute approximate surface area is 219 Å². The Hall–Kier alpha value is -1.68. The second kappa shape index (κ2) is 10.00. The quantitative estimate of drug-likeness (QED) is 0.241. The van der Waals surface area contributed by atoms with E-state index < -0.39 is 92.1 Å². The van der Waals surface area contributed by atoms with Crippen molar-refractivity contribution in [1.82, 2.24) is 3.53 Å². The van der Waals surface area contributed by atoms with Crippen LogP contribution in [0.2, 0.25) is 0 Å². The third-order valence-electron chi connectivity index (χ3n) is 4.78. The van der Waals surface area contributed by atoms with Crippen molar-refractivity contribution < 1.29 is 101 Å². The average Bonchev–Trinajstić information content (AvgIpc) is 2.75. The van der Waals surface area contributed by atoms with Crippen LogP contribution in [0, 0.1) is 3.57 Å². The van der Waals surface area contributed by atoms with Crippen LogP contribution in [0.15, 0.2) is 29.2 Å². The van der Waals surface area contributed by atoms with E-state index in [1.54, 1.807) is 0 Å². The van der Waals surface area contributed by atoms with Gasteiger partial charge in [-0.15, -0.1) is 3.53 Å². The zero-order chi connectivity index (χ0) is 31.5. The monoisotopic (exact) mass is 736 g/mol. The molecular weight excluding hydrogens is 722 g/mol. The van der Waals surface area contributed by atoms with Crippen LogP contribution in [0.3, 0.4) is 0 Å². The van der Waals surface area contributed by atoms with Crippen LogP contribution in [0.25, 0.3) is 0 Å². The van der Waals surface area contributed by atoms with Crippen LogP contribution >= 0.6 is 0 Å². The molecule has 1 aromatic rings. The summed E-state index contributed by atoms with van der Waals surface area (Å²) in [7, 11) is -4.33. The molecule has 0 fully saturated rings. The van der Waals surface area contributed by atoms with Crippen molar-refractivity contribution in [3.8, 4) is 0 Å². The van der Waals surface area contributed by atoms with Gasteiger partial charge in [0.05, 0.1) is 4.75 Å². The predicted octanol–water partition coefficient (Wildman–Crippen LogP) is 2.92. The molecule has 0 saturated heterocycles. The fraction of sp³-hybridized carbons (Fsp3) is 0.611. The molecule has 226 valence electrons. The molecule has 0 atom stereocenters. The van der Waals surface area contributed by atoms with E-state index in [0.29, 0.717) is 0 Å². The summed E-state index contributed by atoms with van der Waals surface area (Å²) in [4.78, 5) is 11.0. The number of rotatable bonds is 9. The van der Waals surface area contributed by atoms with Crippen molar-refractivity contribution in [3.05, 3.63) is 27.8 Å². The van der Waals surface area contributed by atoms with Gasteiger partial charge in [-0.3, -0.25) is 4.79 Å². The minimum Gasteiger partial charge on any atom is -0.264 e. The molecule has 1 rings (SSSR count). The molecule has 0 heterocycles. The van der Waals surface area contributed by atoms with E-state index in [0.717, 1.165) is 48.6 Å². The maximum atomic E-state index is 14.0. The first-order valence-corrected chi connectivity index (χ1v) is 13.1. The SMILES string of the molecule is CC(C)(C)S(=O)(=O)c1ccccc1[I+]NC(=O)C(F)(F)C(F)(F)C(F)(F)C(F)(F)C(F)(F)C(F)(F)C(F)(F)F. The number of halogens is 16. The molecule has 4 nitrogen and oxygen atoms in total. The predicted molar refractivity (Wildman–Crippen MR) is 96.0 cm³/mol. The zero-order valence-corrected chi connectivity index (χ0v) is 22.0. The highest BCUT2D eigenvalue weighted by atomic mass is 127. The molecule has 0 bridgehead atoms. The van der Waals surface area contributed by atoms with Crippen molar-refractivity contribution in [2.45, 2.75) is 72.1 Å². The smallest absolute Gasteiger partial charge is 0.264 e. The topological polar surface area (TPSA) is 63.2 Å². The third kappa shape index (κ3) is 5.36. The molecule has 39 heavy (non-hydrogen) atoms.